The van der Waals surface area contributed by atoms with Gasteiger partial charge in [-0.05, 0) is 103 Å². The molecule has 0 radical (unpaired) electrons. The van der Waals surface area contributed by atoms with Crippen molar-refractivity contribution in [3.63, 3.8) is 0 Å². The van der Waals surface area contributed by atoms with Crippen LogP contribution < -0.4 is 0 Å². The highest BCUT2D eigenvalue weighted by molar-refractivity contribution is 14.1. The van der Waals surface area contributed by atoms with Crippen LogP contribution in [0.1, 0.15) is 28.9 Å². The Hall–Kier alpha value is -2.32. The number of carbonyl (C=O) groups is 2. The number of nitrogens with zero attached hydrogens (tertiary/aromatic N) is 2. The number of aromatic nitrogens is 1. The van der Waals surface area contributed by atoms with E-state index in [1.165, 1.54) is 14.0 Å². The second kappa shape index (κ2) is 9.44. The van der Waals surface area contributed by atoms with Gasteiger partial charge >= 0.3 is 0 Å². The van der Waals surface area contributed by atoms with E-state index < -0.39 is 0 Å². The Morgan fingerprint density at radius 1 is 1.00 bits per heavy atom. The minimum atomic E-state index is -0.192. The lowest BCUT2D eigenvalue weighted by atomic mass is 10.1. The number of hydrogen-bond acceptors (Lipinski definition) is 3. The zero-order chi connectivity index (χ0) is 22.0. The molecule has 3 aromatic rings. The van der Waals surface area contributed by atoms with E-state index >= 15 is 0 Å². The van der Waals surface area contributed by atoms with Crippen molar-refractivity contribution in [1.29, 1.82) is 0 Å². The molecule has 2 amide bonds. The molecule has 2 heterocycles. The molecule has 0 atom stereocenters. The molecule has 0 bridgehead atoms. The maximum absolute atomic E-state index is 12.9. The van der Waals surface area contributed by atoms with Crippen molar-refractivity contribution in [2.45, 2.75) is 26.7 Å². The summed E-state index contributed by atoms with van der Waals surface area (Å²) in [6.07, 6.45) is 3.46. The molecule has 1 saturated heterocycles. The van der Waals surface area contributed by atoms with Gasteiger partial charge in [-0.15, -0.1) is 0 Å². The van der Waals surface area contributed by atoms with E-state index in [1.807, 2.05) is 37.3 Å². The minimum absolute atomic E-state index is 0.185. The summed E-state index contributed by atoms with van der Waals surface area (Å²) in [6, 6.07) is 20.5. The largest absolute Gasteiger partial charge is 0.318 e. The number of carbonyl (C=O) groups excluding carboxylic acids is 2. The highest BCUT2D eigenvalue weighted by Crippen LogP contribution is 2.34. The maximum Gasteiger partial charge on any atom is 0.293 e. The molecule has 0 aliphatic carbocycles. The third-order valence-electron chi connectivity index (χ3n) is 5.39. The molecule has 1 fully saturated rings. The number of amides is 2. The molecular formula is C25H23IN2O2S. The predicted octanol–water partition coefficient (Wildman–Crippen LogP) is 6.37. The molecular weight excluding hydrogens is 519 g/mol. The van der Waals surface area contributed by atoms with Crippen LogP contribution in [0.25, 0.3) is 11.8 Å². The quantitative estimate of drug-likeness (QED) is 0.269. The van der Waals surface area contributed by atoms with E-state index in [4.69, 9.17) is 0 Å². The molecule has 6 heteroatoms. The van der Waals surface area contributed by atoms with Crippen LogP contribution in [0.15, 0.2) is 65.6 Å². The Morgan fingerprint density at radius 2 is 1.77 bits per heavy atom. The van der Waals surface area contributed by atoms with Crippen LogP contribution in [0.5, 0.6) is 0 Å². The first-order chi connectivity index (χ1) is 14.9. The summed E-state index contributed by atoms with van der Waals surface area (Å²) >= 11 is 3.34. The first-order valence-electron chi connectivity index (χ1n) is 10.2. The number of benzene rings is 2. The van der Waals surface area contributed by atoms with E-state index in [9.17, 15) is 9.59 Å². The lowest BCUT2D eigenvalue weighted by Crippen LogP contribution is -2.29. The molecule has 31 heavy (non-hydrogen) atoms. The molecule has 0 saturated carbocycles. The summed E-state index contributed by atoms with van der Waals surface area (Å²) in [6.45, 7) is 4.54. The smallest absolute Gasteiger partial charge is 0.293 e. The molecule has 0 spiro atoms. The second-order valence-corrected chi connectivity index (χ2v) is 9.80. The Balaban J connectivity index is 1.51. The fourth-order valence-electron chi connectivity index (χ4n) is 3.87. The molecule has 0 N–H and O–H groups in total. The van der Waals surface area contributed by atoms with E-state index in [0.717, 1.165) is 47.2 Å². The lowest BCUT2D eigenvalue weighted by Gasteiger charge is -2.12. The zero-order valence-corrected chi connectivity index (χ0v) is 20.4. The van der Waals surface area contributed by atoms with Gasteiger partial charge in [0.2, 0.25) is 0 Å². The van der Waals surface area contributed by atoms with E-state index in [0.29, 0.717) is 11.4 Å². The van der Waals surface area contributed by atoms with Gasteiger partial charge in [0, 0.05) is 27.2 Å². The standard InChI is InChI=1S/C25H23IN2O2S/c1-17-14-20(18(2)28(17)22-12-6-11-21(26)16-22)15-23-24(29)27(25(30)31-23)13-7-10-19-8-4-3-5-9-19/h3-6,8-9,11-12,14-16H,7,10,13H2,1-2H3/b23-15+. The van der Waals surface area contributed by atoms with Gasteiger partial charge in [-0.25, -0.2) is 0 Å². The molecule has 1 aliphatic heterocycles. The third-order valence-corrected chi connectivity index (χ3v) is 6.97. The number of aryl methyl sites for hydroxylation is 2. The summed E-state index contributed by atoms with van der Waals surface area (Å²) < 4.78 is 3.35. The van der Waals surface area contributed by atoms with Crippen molar-refractivity contribution >= 4 is 51.6 Å². The summed E-state index contributed by atoms with van der Waals surface area (Å²) in [4.78, 5) is 27.2. The van der Waals surface area contributed by atoms with Crippen molar-refractivity contribution in [2.75, 3.05) is 6.54 Å². The van der Waals surface area contributed by atoms with Gasteiger partial charge in [0.1, 0.15) is 0 Å². The average Bonchev–Trinajstić information content (AvgIpc) is 3.18. The number of hydrogen-bond donors (Lipinski definition) is 0. The van der Waals surface area contributed by atoms with Gasteiger partial charge in [0.05, 0.1) is 4.91 Å². The van der Waals surface area contributed by atoms with Crippen LogP contribution in [0.2, 0.25) is 0 Å². The molecule has 2 aromatic carbocycles. The average molecular weight is 542 g/mol. The van der Waals surface area contributed by atoms with Crippen molar-refractivity contribution in [3.05, 3.63) is 91.7 Å². The fraction of sp³-hybridized carbons (Fsp3) is 0.200. The van der Waals surface area contributed by atoms with Crippen LogP contribution >= 0.6 is 34.4 Å². The number of rotatable bonds is 6. The van der Waals surface area contributed by atoms with Gasteiger partial charge in [0.15, 0.2) is 0 Å². The SMILES string of the molecule is Cc1cc(/C=C2/SC(=O)N(CCCc3ccccc3)C2=O)c(C)n1-c1cccc(I)c1. The number of halogens is 1. The molecule has 158 valence electrons. The number of thioether (sulfide) groups is 1. The minimum Gasteiger partial charge on any atom is -0.318 e. The Labute approximate surface area is 200 Å². The van der Waals surface area contributed by atoms with E-state index in [1.54, 1.807) is 0 Å². The predicted molar refractivity (Wildman–Crippen MR) is 135 cm³/mol. The van der Waals surface area contributed by atoms with Gasteiger partial charge in [-0.2, -0.15) is 0 Å². The number of imide groups is 1. The van der Waals surface area contributed by atoms with Crippen LogP contribution in [0.3, 0.4) is 0 Å². The lowest BCUT2D eigenvalue weighted by molar-refractivity contribution is -0.122. The molecule has 1 aromatic heterocycles. The van der Waals surface area contributed by atoms with Gasteiger partial charge < -0.3 is 4.57 Å². The fourth-order valence-corrected chi connectivity index (χ4v) is 5.25. The van der Waals surface area contributed by atoms with Crippen molar-refractivity contribution in [3.8, 4) is 5.69 Å². The van der Waals surface area contributed by atoms with E-state index in [-0.39, 0.29) is 11.1 Å². The van der Waals surface area contributed by atoms with Gasteiger partial charge in [-0.1, -0.05) is 36.4 Å². The maximum atomic E-state index is 12.9. The van der Waals surface area contributed by atoms with Crippen molar-refractivity contribution < 1.29 is 9.59 Å². The summed E-state index contributed by atoms with van der Waals surface area (Å²) in [5.41, 5.74) is 5.41. The third kappa shape index (κ3) is 4.80. The highest BCUT2D eigenvalue weighted by Gasteiger charge is 2.34. The van der Waals surface area contributed by atoms with Crippen LogP contribution in [-0.2, 0) is 11.2 Å². The van der Waals surface area contributed by atoms with Crippen LogP contribution in [0, 0.1) is 17.4 Å². The highest BCUT2D eigenvalue weighted by atomic mass is 127. The summed E-state index contributed by atoms with van der Waals surface area (Å²) in [5, 5.41) is -0.185. The van der Waals surface area contributed by atoms with Crippen LogP contribution in [-0.4, -0.2) is 27.2 Å². The zero-order valence-electron chi connectivity index (χ0n) is 17.5. The summed E-state index contributed by atoms with van der Waals surface area (Å²) in [7, 11) is 0. The topological polar surface area (TPSA) is 42.3 Å². The summed E-state index contributed by atoms with van der Waals surface area (Å²) in [5.74, 6) is -0.192. The monoisotopic (exact) mass is 542 g/mol. The van der Waals surface area contributed by atoms with Gasteiger partial charge in [-0.3, -0.25) is 14.5 Å². The van der Waals surface area contributed by atoms with E-state index in [2.05, 4.69) is 70.5 Å². The molecule has 1 aliphatic rings. The molecule has 0 unspecified atom stereocenters. The van der Waals surface area contributed by atoms with Crippen molar-refractivity contribution in [2.24, 2.45) is 0 Å². The second-order valence-electron chi connectivity index (χ2n) is 7.56. The molecule has 4 nitrogen and oxygen atoms in total. The first kappa shape index (κ1) is 21.9. The normalized spacial score (nSPS) is 15.3. The van der Waals surface area contributed by atoms with Gasteiger partial charge in [0.25, 0.3) is 11.1 Å². The first-order valence-corrected chi connectivity index (χ1v) is 12.1. The molecule has 4 rings (SSSR count). The van der Waals surface area contributed by atoms with Crippen molar-refractivity contribution in [1.82, 2.24) is 9.47 Å². The van der Waals surface area contributed by atoms with Crippen LogP contribution in [0.4, 0.5) is 4.79 Å². The Bertz CT molecular complexity index is 1170. The Morgan fingerprint density at radius 3 is 2.52 bits per heavy atom. The Kier molecular flexibility index (Phi) is 6.67.